The van der Waals surface area contributed by atoms with Gasteiger partial charge in [0.15, 0.2) is 5.17 Å². The van der Waals surface area contributed by atoms with E-state index in [1.54, 1.807) is 11.8 Å². The third-order valence-corrected chi connectivity index (χ3v) is 4.18. The molecule has 0 aromatic heterocycles. The zero-order chi connectivity index (χ0) is 11.7. The molecule has 0 saturated carbocycles. The van der Waals surface area contributed by atoms with E-state index in [4.69, 9.17) is 4.74 Å². The fourth-order valence-corrected chi connectivity index (χ4v) is 3.07. The number of thioether (sulfide) groups is 1. The summed E-state index contributed by atoms with van der Waals surface area (Å²) in [5, 5.41) is 4.42. The standard InChI is InChI=1S/C13H16N2OS/c1-9-8-17-13(15-9)14-7-11-6-10-4-2-3-5-12(10)16-11/h2-5,9,11H,6-8H2,1H3,(H,14,15). The quantitative estimate of drug-likeness (QED) is 0.870. The molecule has 17 heavy (non-hydrogen) atoms. The molecular weight excluding hydrogens is 232 g/mol. The number of rotatable bonds is 2. The molecule has 0 amide bonds. The SMILES string of the molecule is CC1CSC(=NCC2Cc3ccccc3O2)N1. The van der Waals surface area contributed by atoms with E-state index < -0.39 is 0 Å². The number of nitrogens with one attached hydrogen (secondary N) is 1. The third kappa shape index (κ3) is 2.41. The van der Waals surface area contributed by atoms with Gasteiger partial charge in [0.2, 0.25) is 0 Å². The first-order chi connectivity index (χ1) is 8.31. The van der Waals surface area contributed by atoms with Gasteiger partial charge in [-0.25, -0.2) is 0 Å². The molecule has 3 rings (SSSR count). The lowest BCUT2D eigenvalue weighted by atomic mass is 10.1. The summed E-state index contributed by atoms with van der Waals surface area (Å²) < 4.78 is 5.85. The smallest absolute Gasteiger partial charge is 0.156 e. The van der Waals surface area contributed by atoms with Crippen molar-refractivity contribution < 1.29 is 4.74 Å². The van der Waals surface area contributed by atoms with E-state index in [1.165, 1.54) is 5.56 Å². The molecule has 2 aliphatic heterocycles. The Morgan fingerprint density at radius 2 is 2.35 bits per heavy atom. The van der Waals surface area contributed by atoms with Crippen molar-refractivity contribution in [1.29, 1.82) is 0 Å². The highest BCUT2D eigenvalue weighted by Crippen LogP contribution is 2.28. The fourth-order valence-electron chi connectivity index (χ4n) is 2.13. The van der Waals surface area contributed by atoms with Crippen molar-refractivity contribution in [3.63, 3.8) is 0 Å². The van der Waals surface area contributed by atoms with Crippen molar-refractivity contribution in [2.45, 2.75) is 25.5 Å². The molecule has 0 spiro atoms. The first-order valence-corrected chi connectivity index (χ1v) is 6.98. The van der Waals surface area contributed by atoms with Crippen LogP contribution in [0.15, 0.2) is 29.3 Å². The Morgan fingerprint density at radius 3 is 3.12 bits per heavy atom. The Balaban J connectivity index is 1.59. The molecule has 2 aliphatic rings. The number of hydrogen-bond acceptors (Lipinski definition) is 3. The van der Waals surface area contributed by atoms with Crippen LogP contribution in [0.2, 0.25) is 0 Å². The van der Waals surface area contributed by atoms with E-state index in [9.17, 15) is 0 Å². The molecule has 3 nitrogen and oxygen atoms in total. The van der Waals surface area contributed by atoms with Crippen LogP contribution in [0.1, 0.15) is 12.5 Å². The van der Waals surface area contributed by atoms with Gasteiger partial charge < -0.3 is 10.1 Å². The van der Waals surface area contributed by atoms with Gasteiger partial charge >= 0.3 is 0 Å². The zero-order valence-electron chi connectivity index (χ0n) is 9.85. The number of hydrogen-bond donors (Lipinski definition) is 1. The number of fused-ring (bicyclic) bond motifs is 1. The molecule has 0 bridgehead atoms. The van der Waals surface area contributed by atoms with Gasteiger partial charge in [-0.2, -0.15) is 0 Å². The molecule has 0 radical (unpaired) electrons. The number of nitrogens with zero attached hydrogens (tertiary/aromatic N) is 1. The Morgan fingerprint density at radius 1 is 1.47 bits per heavy atom. The lowest BCUT2D eigenvalue weighted by Crippen LogP contribution is -2.25. The van der Waals surface area contributed by atoms with Crippen LogP contribution in [0, 0.1) is 0 Å². The summed E-state index contributed by atoms with van der Waals surface area (Å²) in [6.45, 7) is 2.92. The minimum Gasteiger partial charge on any atom is -0.488 e. The van der Waals surface area contributed by atoms with E-state index in [0.29, 0.717) is 6.04 Å². The van der Waals surface area contributed by atoms with E-state index >= 15 is 0 Å². The number of benzene rings is 1. The predicted octanol–water partition coefficient (Wildman–Crippen LogP) is 2.07. The van der Waals surface area contributed by atoms with Crippen molar-refractivity contribution in [3.05, 3.63) is 29.8 Å². The maximum Gasteiger partial charge on any atom is 0.156 e. The maximum absolute atomic E-state index is 5.85. The summed E-state index contributed by atoms with van der Waals surface area (Å²) in [4.78, 5) is 4.58. The van der Waals surface area contributed by atoms with E-state index in [0.717, 1.165) is 29.6 Å². The van der Waals surface area contributed by atoms with Gasteiger partial charge in [0.05, 0.1) is 6.54 Å². The monoisotopic (exact) mass is 248 g/mol. The highest BCUT2D eigenvalue weighted by Gasteiger charge is 2.22. The molecule has 2 atom stereocenters. The molecule has 0 aliphatic carbocycles. The second kappa shape index (κ2) is 4.61. The highest BCUT2D eigenvalue weighted by atomic mass is 32.2. The van der Waals surface area contributed by atoms with Crippen LogP contribution in [0.25, 0.3) is 0 Å². The summed E-state index contributed by atoms with van der Waals surface area (Å²) >= 11 is 1.80. The Bertz CT molecular complexity index is 422. The molecule has 1 fully saturated rings. The molecule has 2 unspecified atom stereocenters. The fraction of sp³-hybridized carbons (Fsp3) is 0.462. The summed E-state index contributed by atoms with van der Waals surface area (Å²) in [6, 6.07) is 8.79. The van der Waals surface area contributed by atoms with Gasteiger partial charge in [-0.3, -0.25) is 4.99 Å². The summed E-state index contributed by atoms with van der Waals surface area (Å²) in [6.07, 6.45) is 1.19. The minimum atomic E-state index is 0.207. The molecule has 1 aromatic carbocycles. The van der Waals surface area contributed by atoms with E-state index in [1.807, 2.05) is 12.1 Å². The van der Waals surface area contributed by atoms with Crippen molar-refractivity contribution >= 4 is 16.9 Å². The largest absolute Gasteiger partial charge is 0.488 e. The van der Waals surface area contributed by atoms with E-state index in [2.05, 4.69) is 29.4 Å². The normalized spacial score (nSPS) is 28.9. The average Bonchev–Trinajstić information content (AvgIpc) is 2.91. The number of amidine groups is 1. The first-order valence-electron chi connectivity index (χ1n) is 5.99. The van der Waals surface area contributed by atoms with Gasteiger partial charge in [-0.05, 0) is 18.6 Å². The number of aliphatic imine (C=N–C) groups is 1. The second-order valence-corrected chi connectivity index (χ2v) is 5.56. The minimum absolute atomic E-state index is 0.207. The maximum atomic E-state index is 5.85. The summed E-state index contributed by atoms with van der Waals surface area (Å²) in [5.41, 5.74) is 1.30. The third-order valence-electron chi connectivity index (χ3n) is 2.99. The van der Waals surface area contributed by atoms with Gasteiger partial charge in [0.25, 0.3) is 0 Å². The Kier molecular flexibility index (Phi) is 2.97. The predicted molar refractivity (Wildman–Crippen MR) is 71.9 cm³/mol. The van der Waals surface area contributed by atoms with Crippen LogP contribution in [-0.2, 0) is 6.42 Å². The number of para-hydroxylation sites is 1. The Hall–Kier alpha value is -1.16. The van der Waals surface area contributed by atoms with Gasteiger partial charge in [0.1, 0.15) is 11.9 Å². The lowest BCUT2D eigenvalue weighted by molar-refractivity contribution is 0.242. The molecule has 2 heterocycles. The van der Waals surface area contributed by atoms with Crippen LogP contribution < -0.4 is 10.1 Å². The van der Waals surface area contributed by atoms with Crippen LogP contribution in [0.4, 0.5) is 0 Å². The van der Waals surface area contributed by atoms with Crippen LogP contribution >= 0.6 is 11.8 Å². The van der Waals surface area contributed by atoms with Crippen molar-refractivity contribution in [3.8, 4) is 5.75 Å². The van der Waals surface area contributed by atoms with Crippen LogP contribution in [0.3, 0.4) is 0 Å². The molecular formula is C13H16N2OS. The summed E-state index contributed by atoms with van der Waals surface area (Å²) in [5.74, 6) is 2.14. The van der Waals surface area contributed by atoms with Gasteiger partial charge in [-0.1, -0.05) is 30.0 Å². The zero-order valence-corrected chi connectivity index (χ0v) is 10.7. The molecule has 1 saturated heterocycles. The van der Waals surface area contributed by atoms with Crippen molar-refractivity contribution in [1.82, 2.24) is 5.32 Å². The lowest BCUT2D eigenvalue weighted by Gasteiger charge is -2.08. The second-order valence-electron chi connectivity index (χ2n) is 4.55. The summed E-state index contributed by atoms with van der Waals surface area (Å²) in [7, 11) is 0. The van der Waals surface area contributed by atoms with Crippen molar-refractivity contribution in [2.75, 3.05) is 12.3 Å². The van der Waals surface area contributed by atoms with E-state index in [-0.39, 0.29) is 6.10 Å². The molecule has 90 valence electrons. The van der Waals surface area contributed by atoms with Gasteiger partial charge in [-0.15, -0.1) is 0 Å². The topological polar surface area (TPSA) is 33.6 Å². The highest BCUT2D eigenvalue weighted by molar-refractivity contribution is 8.14. The average molecular weight is 248 g/mol. The Labute approximate surface area is 106 Å². The molecule has 1 N–H and O–H groups in total. The molecule has 4 heteroatoms. The van der Waals surface area contributed by atoms with Crippen molar-refractivity contribution in [2.24, 2.45) is 4.99 Å². The van der Waals surface area contributed by atoms with Gasteiger partial charge in [0, 0.05) is 18.2 Å². The van der Waals surface area contributed by atoms with Crippen LogP contribution in [0.5, 0.6) is 5.75 Å². The van der Waals surface area contributed by atoms with Crippen LogP contribution in [-0.4, -0.2) is 29.6 Å². The molecule has 1 aromatic rings. The number of ether oxygens (including phenoxy) is 1. The first kappa shape index (κ1) is 11.0.